The van der Waals surface area contributed by atoms with Crippen molar-refractivity contribution in [2.24, 2.45) is 5.92 Å². The molecule has 1 unspecified atom stereocenters. The van der Waals surface area contributed by atoms with E-state index in [1.165, 1.54) is 0 Å². The first-order valence-corrected chi connectivity index (χ1v) is 9.16. The summed E-state index contributed by atoms with van der Waals surface area (Å²) >= 11 is 0. The molecular weight excluding hydrogens is 348 g/mol. The minimum Gasteiger partial charge on any atom is -0.486 e. The lowest BCUT2D eigenvalue weighted by Gasteiger charge is -2.33. The van der Waals surface area contributed by atoms with Crippen molar-refractivity contribution in [1.29, 1.82) is 0 Å². The Kier molecular flexibility index (Phi) is 4.95. The van der Waals surface area contributed by atoms with Crippen LogP contribution in [0.4, 0.5) is 11.4 Å². The van der Waals surface area contributed by atoms with Gasteiger partial charge < -0.3 is 19.7 Å². The number of piperidine rings is 1. The number of ether oxygens (including phenoxy) is 2. The molecule has 1 fully saturated rings. The zero-order chi connectivity index (χ0) is 18.6. The Morgan fingerprint density at radius 2 is 2.11 bits per heavy atom. The molecular formula is C19H22N4O4. The van der Waals surface area contributed by atoms with Gasteiger partial charge in [-0.15, -0.1) is 0 Å². The van der Waals surface area contributed by atoms with Crippen molar-refractivity contribution < 1.29 is 14.3 Å². The number of hydrogen-bond acceptors (Lipinski definition) is 6. The first-order chi connectivity index (χ1) is 13.2. The highest BCUT2D eigenvalue weighted by Gasteiger charge is 2.23. The molecule has 1 amide bonds. The fourth-order valence-corrected chi connectivity index (χ4v) is 3.60. The maximum Gasteiger partial charge on any atom is 0.266 e. The van der Waals surface area contributed by atoms with Crippen molar-refractivity contribution in [2.45, 2.75) is 19.3 Å². The molecule has 142 valence electrons. The summed E-state index contributed by atoms with van der Waals surface area (Å²) in [5, 5.41) is 9.19. The number of carbonyl (C=O) groups is 1. The van der Waals surface area contributed by atoms with E-state index in [4.69, 9.17) is 9.47 Å². The third kappa shape index (κ3) is 4.21. The van der Waals surface area contributed by atoms with Crippen molar-refractivity contribution >= 4 is 17.3 Å². The first kappa shape index (κ1) is 17.4. The van der Waals surface area contributed by atoms with E-state index < -0.39 is 0 Å². The molecule has 0 radical (unpaired) electrons. The van der Waals surface area contributed by atoms with Gasteiger partial charge in [-0.1, -0.05) is 0 Å². The van der Waals surface area contributed by atoms with Gasteiger partial charge in [0.1, 0.15) is 13.2 Å². The van der Waals surface area contributed by atoms with Crippen molar-refractivity contribution in [3.05, 3.63) is 40.8 Å². The van der Waals surface area contributed by atoms with E-state index in [1.807, 2.05) is 12.1 Å². The van der Waals surface area contributed by atoms with Gasteiger partial charge in [-0.25, -0.2) is 5.10 Å². The lowest BCUT2D eigenvalue weighted by atomic mass is 9.94. The van der Waals surface area contributed by atoms with E-state index in [-0.39, 0.29) is 17.4 Å². The van der Waals surface area contributed by atoms with Crippen LogP contribution >= 0.6 is 0 Å². The monoisotopic (exact) mass is 370 g/mol. The first-order valence-electron chi connectivity index (χ1n) is 9.16. The standard InChI is InChI=1S/C19H22N4O4/c24-18(21-14-3-4-16-17(9-14)27-7-6-26-16)8-13-2-1-5-23(12-13)15-10-19(25)22-20-11-15/h3-4,9-11,13H,1-2,5-8,12H2,(H,21,24)(H,22,25). The molecule has 4 rings (SSSR count). The lowest BCUT2D eigenvalue weighted by Crippen LogP contribution is -2.37. The summed E-state index contributed by atoms with van der Waals surface area (Å²) in [5.74, 6) is 1.57. The fourth-order valence-electron chi connectivity index (χ4n) is 3.60. The van der Waals surface area contributed by atoms with Crippen LogP contribution in [0.25, 0.3) is 0 Å². The van der Waals surface area contributed by atoms with Gasteiger partial charge in [-0.05, 0) is 30.9 Å². The van der Waals surface area contributed by atoms with Crippen LogP contribution in [0, 0.1) is 5.92 Å². The van der Waals surface area contributed by atoms with Gasteiger partial charge in [0.05, 0.1) is 11.9 Å². The summed E-state index contributed by atoms with van der Waals surface area (Å²) in [6.45, 7) is 2.66. The van der Waals surface area contributed by atoms with Crippen molar-refractivity contribution in [3.8, 4) is 11.5 Å². The van der Waals surface area contributed by atoms with Gasteiger partial charge in [-0.2, -0.15) is 5.10 Å². The number of aromatic amines is 1. The molecule has 1 aromatic heterocycles. The van der Waals surface area contributed by atoms with E-state index >= 15 is 0 Å². The number of rotatable bonds is 4. The van der Waals surface area contributed by atoms with Crippen LogP contribution in [0.5, 0.6) is 11.5 Å². The largest absolute Gasteiger partial charge is 0.486 e. The highest BCUT2D eigenvalue weighted by atomic mass is 16.6. The van der Waals surface area contributed by atoms with Crippen molar-refractivity contribution in [1.82, 2.24) is 10.2 Å². The molecule has 0 bridgehead atoms. The number of aromatic nitrogens is 2. The number of nitrogens with zero attached hydrogens (tertiary/aromatic N) is 2. The Labute approximate surface area is 156 Å². The summed E-state index contributed by atoms with van der Waals surface area (Å²) in [6.07, 6.45) is 4.05. The van der Waals surface area contributed by atoms with E-state index in [1.54, 1.807) is 18.3 Å². The average Bonchev–Trinajstić information content (AvgIpc) is 2.68. The summed E-state index contributed by atoms with van der Waals surface area (Å²) in [4.78, 5) is 26.1. The molecule has 8 heteroatoms. The molecule has 2 aliphatic heterocycles. The molecule has 1 aromatic carbocycles. The highest BCUT2D eigenvalue weighted by molar-refractivity contribution is 5.91. The average molecular weight is 370 g/mol. The molecule has 2 N–H and O–H groups in total. The molecule has 0 aliphatic carbocycles. The minimum atomic E-state index is -0.217. The molecule has 27 heavy (non-hydrogen) atoms. The van der Waals surface area contributed by atoms with E-state index in [2.05, 4.69) is 20.4 Å². The maximum absolute atomic E-state index is 12.5. The quantitative estimate of drug-likeness (QED) is 0.852. The summed E-state index contributed by atoms with van der Waals surface area (Å²) in [5.41, 5.74) is 1.29. The topological polar surface area (TPSA) is 96.6 Å². The minimum absolute atomic E-state index is 0.0254. The van der Waals surface area contributed by atoms with Gasteiger partial charge in [0, 0.05) is 37.3 Å². The Balaban J connectivity index is 1.36. The van der Waals surface area contributed by atoms with Crippen LogP contribution in [0.3, 0.4) is 0 Å². The third-order valence-corrected chi connectivity index (χ3v) is 4.83. The second kappa shape index (κ2) is 7.69. The normalized spacial score (nSPS) is 18.8. The number of amides is 1. The number of fused-ring (bicyclic) bond motifs is 1. The zero-order valence-corrected chi connectivity index (χ0v) is 14.9. The number of nitrogens with one attached hydrogen (secondary N) is 2. The number of H-pyrrole nitrogens is 1. The summed E-state index contributed by atoms with van der Waals surface area (Å²) in [7, 11) is 0. The van der Waals surface area contributed by atoms with Gasteiger partial charge in [-0.3, -0.25) is 9.59 Å². The van der Waals surface area contributed by atoms with Crippen LogP contribution in [-0.4, -0.2) is 42.4 Å². The molecule has 3 heterocycles. The van der Waals surface area contributed by atoms with Crippen LogP contribution in [0.2, 0.25) is 0 Å². The predicted octanol–water partition coefficient (Wildman–Crippen LogP) is 1.79. The van der Waals surface area contributed by atoms with Crippen LogP contribution in [0.15, 0.2) is 35.3 Å². The van der Waals surface area contributed by atoms with Crippen LogP contribution in [-0.2, 0) is 4.79 Å². The van der Waals surface area contributed by atoms with Crippen molar-refractivity contribution in [2.75, 3.05) is 36.5 Å². The second-order valence-corrected chi connectivity index (χ2v) is 6.87. The van der Waals surface area contributed by atoms with Crippen molar-refractivity contribution in [3.63, 3.8) is 0 Å². The van der Waals surface area contributed by atoms with Gasteiger partial charge >= 0.3 is 0 Å². The third-order valence-electron chi connectivity index (χ3n) is 4.83. The number of hydrogen-bond donors (Lipinski definition) is 2. The van der Waals surface area contributed by atoms with Gasteiger partial charge in [0.2, 0.25) is 5.91 Å². The smallest absolute Gasteiger partial charge is 0.266 e. The Bertz CT molecular complexity index is 882. The molecule has 1 atom stereocenters. The van der Waals surface area contributed by atoms with E-state index in [0.717, 1.165) is 31.6 Å². The molecule has 2 aliphatic rings. The Hall–Kier alpha value is -3.03. The second-order valence-electron chi connectivity index (χ2n) is 6.87. The van der Waals surface area contributed by atoms with Crippen LogP contribution < -0.4 is 25.2 Å². The SMILES string of the molecule is O=C(CC1CCCN(c2cn[nH]c(=O)c2)C1)Nc1ccc2c(c1)OCCO2. The van der Waals surface area contributed by atoms with E-state index in [9.17, 15) is 9.59 Å². The van der Waals surface area contributed by atoms with Gasteiger partial charge in [0.25, 0.3) is 5.56 Å². The van der Waals surface area contributed by atoms with Crippen LogP contribution in [0.1, 0.15) is 19.3 Å². The molecule has 0 spiro atoms. The fraction of sp³-hybridized carbons (Fsp3) is 0.421. The zero-order valence-electron chi connectivity index (χ0n) is 14.9. The summed E-state index contributed by atoms with van der Waals surface area (Å²) in [6, 6.07) is 6.97. The number of carbonyl (C=O) groups excluding carboxylic acids is 1. The Morgan fingerprint density at radius 3 is 2.96 bits per heavy atom. The van der Waals surface area contributed by atoms with E-state index in [0.29, 0.717) is 36.8 Å². The highest BCUT2D eigenvalue weighted by Crippen LogP contribution is 2.33. The molecule has 2 aromatic rings. The maximum atomic E-state index is 12.5. The lowest BCUT2D eigenvalue weighted by molar-refractivity contribution is -0.117. The predicted molar refractivity (Wildman–Crippen MR) is 100 cm³/mol. The molecule has 1 saturated heterocycles. The Morgan fingerprint density at radius 1 is 1.26 bits per heavy atom. The molecule has 8 nitrogen and oxygen atoms in total. The van der Waals surface area contributed by atoms with Gasteiger partial charge in [0.15, 0.2) is 11.5 Å². The number of benzene rings is 1. The number of anilines is 2. The summed E-state index contributed by atoms with van der Waals surface area (Å²) < 4.78 is 11.0. The molecule has 0 saturated carbocycles.